The number of carbonyl (C=O) groups excluding carboxylic acids is 2. The second-order valence-electron chi connectivity index (χ2n) is 3.16. The number of hydrogen-bond acceptors (Lipinski definition) is 2. The van der Waals surface area contributed by atoms with Gasteiger partial charge in [0.05, 0.1) is 6.42 Å². The Morgan fingerprint density at radius 2 is 1.50 bits per heavy atom. The van der Waals surface area contributed by atoms with Gasteiger partial charge in [0.15, 0.2) is 0 Å². The first kappa shape index (κ1) is 14.6. The summed E-state index contributed by atoms with van der Waals surface area (Å²) >= 11 is 0. The molecule has 2 nitrogen and oxygen atoms in total. The van der Waals surface area contributed by atoms with E-state index in [9.17, 15) is 9.59 Å². The summed E-state index contributed by atoms with van der Waals surface area (Å²) in [5.74, 6) is -0.125. The Balaban J connectivity index is 0.000000225. The Morgan fingerprint density at radius 3 is 1.57 bits per heavy atom. The molecule has 0 fully saturated rings. The molecule has 0 saturated carbocycles. The smallest absolute Gasteiger partial charge is 0.0178 e. The van der Waals surface area contributed by atoms with Gasteiger partial charge in [-0.1, -0.05) is 18.2 Å². The molecule has 2 aliphatic rings. The zero-order valence-corrected chi connectivity index (χ0v) is 7.83. The van der Waals surface area contributed by atoms with E-state index in [4.69, 9.17) is 0 Å². The fourth-order valence-corrected chi connectivity index (χ4v) is 1.03. The minimum Gasteiger partial charge on any atom is -0.0610 e. The Hall–Kier alpha value is 0.612. The molecular weight excluding hydrogens is 297 g/mol. The predicted molar refractivity (Wildman–Crippen MR) is 58.6 cm³/mol. The molecule has 0 N–H and O–H groups in total. The van der Waals surface area contributed by atoms with Gasteiger partial charge in [0.1, 0.15) is 11.6 Å². The quantitative estimate of drug-likeness (QED) is 0.789. The van der Waals surface area contributed by atoms with Gasteiger partial charge in [-0.05, 0) is 31.0 Å². The third kappa shape index (κ3) is 6.16. The van der Waals surface area contributed by atoms with E-state index in [2.05, 4.69) is 24.3 Å². The monoisotopic (exact) mass is 310 g/mol. The van der Waals surface area contributed by atoms with Crippen LogP contribution in [0.15, 0.2) is 24.3 Å². The largest absolute Gasteiger partial charge is 0.0610 e. The summed E-state index contributed by atoms with van der Waals surface area (Å²) in [7, 11) is 0. The topological polar surface area (TPSA) is 34.1 Å². The van der Waals surface area contributed by atoms with E-state index in [1.807, 2.05) is 0 Å². The second-order valence-corrected chi connectivity index (χ2v) is 3.16. The van der Waals surface area contributed by atoms with Crippen molar-refractivity contribution in [1.29, 1.82) is 0 Å². The summed E-state index contributed by atoms with van der Waals surface area (Å²) in [6, 6.07) is 8.48. The molecule has 0 aromatic rings. The van der Waals surface area contributed by atoms with Crippen LogP contribution in [0.2, 0.25) is 0 Å². The Kier molecular flexibility index (Phi) is 7.29. The first-order chi connectivity index (χ1) is 6.09. The zero-order chi connectivity index (χ0) is 9.84. The van der Waals surface area contributed by atoms with Crippen molar-refractivity contribution in [3.8, 4) is 11.1 Å². The molecule has 0 spiro atoms. The number of hydrogen-bond donors (Lipinski definition) is 0. The molecule has 0 saturated heterocycles. The van der Waals surface area contributed by atoms with Gasteiger partial charge in [-0.15, -0.1) is 0 Å². The van der Waals surface area contributed by atoms with Gasteiger partial charge in [0.2, 0.25) is 0 Å². The van der Waals surface area contributed by atoms with Crippen molar-refractivity contribution in [3.63, 3.8) is 0 Å². The van der Waals surface area contributed by atoms with Crippen LogP contribution in [0.1, 0.15) is 20.3 Å². The minimum absolute atomic E-state index is 0. The van der Waals surface area contributed by atoms with Crippen molar-refractivity contribution < 1.29 is 9.59 Å². The molecule has 0 aromatic heterocycles. The van der Waals surface area contributed by atoms with Crippen LogP contribution in [0, 0.1) is 0 Å². The van der Waals surface area contributed by atoms with Crippen LogP contribution in [-0.4, -0.2) is 80.5 Å². The van der Waals surface area contributed by atoms with E-state index in [0.29, 0.717) is 0 Å². The van der Waals surface area contributed by atoms with Crippen molar-refractivity contribution in [2.24, 2.45) is 0 Å². The Morgan fingerprint density at radius 1 is 1.07 bits per heavy atom. The van der Waals surface area contributed by atoms with Gasteiger partial charge in [-0.25, -0.2) is 0 Å². The van der Waals surface area contributed by atoms with Crippen LogP contribution >= 0.6 is 0 Å². The summed E-state index contributed by atoms with van der Waals surface area (Å²) in [6.45, 7) is 2.81. The molecule has 0 unspecified atom stereocenters. The summed E-state index contributed by atoms with van der Waals surface area (Å²) < 4.78 is 0. The van der Waals surface area contributed by atoms with Gasteiger partial charge < -0.3 is 0 Å². The van der Waals surface area contributed by atoms with E-state index in [-0.39, 0.29) is 86.9 Å². The fourth-order valence-electron chi connectivity index (χ4n) is 1.03. The fraction of sp³-hybridized carbons (Fsp3) is 0.273. The Labute approximate surface area is 143 Å². The Bertz CT molecular complexity index is 316. The molecule has 3 heteroatoms. The van der Waals surface area contributed by atoms with Crippen LogP contribution in [0.25, 0.3) is 11.1 Å². The first-order valence-corrected chi connectivity index (χ1v) is 4.19. The second kappa shape index (κ2) is 6.98. The number of benzene rings is 1. The van der Waals surface area contributed by atoms with Crippen molar-refractivity contribution >= 4 is 80.5 Å². The van der Waals surface area contributed by atoms with Gasteiger partial charge >= 0.3 is 68.9 Å². The molecule has 2 aliphatic carbocycles. The summed E-state index contributed by atoms with van der Waals surface area (Å²) in [5.41, 5.74) is 2.85. The van der Waals surface area contributed by atoms with Gasteiger partial charge in [0, 0.05) is 0 Å². The minimum atomic E-state index is -0.0625. The van der Waals surface area contributed by atoms with E-state index < -0.39 is 0 Å². The maximum Gasteiger partial charge on any atom is -0.0178 e. The SMILES string of the molecule is CC(=O)CC(C)=O.[CsH].c1cc2cc-2c1. The van der Waals surface area contributed by atoms with E-state index in [0.717, 1.165) is 0 Å². The molecule has 0 heterocycles. The first-order valence-electron chi connectivity index (χ1n) is 4.19. The van der Waals surface area contributed by atoms with E-state index in [1.165, 1.54) is 25.0 Å². The molecule has 0 atom stereocenters. The average Bonchev–Trinajstić information content (AvgIpc) is 2.57. The van der Waals surface area contributed by atoms with Crippen molar-refractivity contribution in [2.45, 2.75) is 20.3 Å². The van der Waals surface area contributed by atoms with Crippen molar-refractivity contribution in [2.75, 3.05) is 0 Å². The number of fused-ring (bicyclic) bond motifs is 1. The number of carbonyl (C=O) groups is 2. The number of ketones is 2. The van der Waals surface area contributed by atoms with Crippen LogP contribution in [0.3, 0.4) is 0 Å². The molecular formula is C11H13CsO2. The van der Waals surface area contributed by atoms with Crippen LogP contribution in [0.4, 0.5) is 0 Å². The molecule has 0 aliphatic heterocycles. The molecule has 14 heavy (non-hydrogen) atoms. The van der Waals surface area contributed by atoms with Gasteiger partial charge in [-0.2, -0.15) is 0 Å². The third-order valence-corrected chi connectivity index (χ3v) is 1.61. The molecule has 0 bridgehead atoms. The normalized spacial score (nSPS) is 9.00. The van der Waals surface area contributed by atoms with Crippen LogP contribution < -0.4 is 0 Å². The zero-order valence-electron chi connectivity index (χ0n) is 7.83. The number of rotatable bonds is 2. The molecule has 0 aromatic carbocycles. The van der Waals surface area contributed by atoms with Crippen LogP contribution in [0.5, 0.6) is 0 Å². The standard InChI is InChI=1S/C6H4.C5H8O2.Cs.H/c1-2-5-4-6(5)3-1;1-4(6)3-5(2)7;;/h1-4H;3H2,1-2H3;;. The van der Waals surface area contributed by atoms with E-state index >= 15 is 0 Å². The predicted octanol–water partition coefficient (Wildman–Crippen LogP) is 1.57. The average molecular weight is 310 g/mol. The van der Waals surface area contributed by atoms with Crippen molar-refractivity contribution in [1.82, 2.24) is 0 Å². The summed E-state index contributed by atoms with van der Waals surface area (Å²) in [5, 5.41) is 0. The maximum absolute atomic E-state index is 10.0. The van der Waals surface area contributed by atoms with Gasteiger partial charge in [-0.3, -0.25) is 9.59 Å². The molecule has 0 radical (unpaired) electrons. The molecule has 0 amide bonds. The molecule has 70 valence electrons. The summed E-state index contributed by atoms with van der Waals surface area (Å²) in [6.07, 6.45) is 0.0833. The number of Topliss-reactive ketones (excluding diaryl/α,β-unsaturated/α-hetero) is 2. The third-order valence-electron chi connectivity index (χ3n) is 1.61. The van der Waals surface area contributed by atoms with Crippen LogP contribution in [-0.2, 0) is 9.59 Å². The van der Waals surface area contributed by atoms with Gasteiger partial charge in [0.25, 0.3) is 0 Å². The van der Waals surface area contributed by atoms with E-state index in [1.54, 1.807) is 0 Å². The molecule has 2 rings (SSSR count). The maximum atomic E-state index is 10.0. The van der Waals surface area contributed by atoms with Crippen molar-refractivity contribution in [3.05, 3.63) is 24.3 Å². The summed E-state index contributed by atoms with van der Waals surface area (Å²) in [4.78, 5) is 20.1.